The summed E-state index contributed by atoms with van der Waals surface area (Å²) in [6.45, 7) is -1.78. The van der Waals surface area contributed by atoms with Crippen LogP contribution in [0.5, 0.6) is 0 Å². The van der Waals surface area contributed by atoms with Crippen LogP contribution in [0.2, 0.25) is 0 Å². The van der Waals surface area contributed by atoms with E-state index in [2.05, 4.69) is 4.74 Å². The van der Waals surface area contributed by atoms with Crippen LogP contribution >= 0.6 is 0 Å². The molecule has 0 amide bonds. The lowest BCUT2D eigenvalue weighted by Crippen LogP contribution is -2.29. The Morgan fingerprint density at radius 2 is 2.30 bits per heavy atom. The topological polar surface area (TPSA) is 12.5 Å². The maximum absolute atomic E-state index is 11.6. The van der Waals surface area contributed by atoms with Crippen LogP contribution in [-0.2, 0) is 4.74 Å². The molecule has 0 spiro atoms. The molecule has 10 heavy (non-hydrogen) atoms. The first-order valence-electron chi connectivity index (χ1n) is 3.34. The van der Waals surface area contributed by atoms with E-state index in [1.54, 1.807) is 11.9 Å². The molecule has 1 aliphatic rings. The summed E-state index contributed by atoms with van der Waals surface area (Å²) in [6, 6.07) is 0. The van der Waals surface area contributed by atoms with Crippen molar-refractivity contribution in [3.05, 3.63) is 0 Å². The first-order chi connectivity index (χ1) is 4.70. The summed E-state index contributed by atoms with van der Waals surface area (Å²) in [4.78, 5) is 1.80. The van der Waals surface area contributed by atoms with Gasteiger partial charge in [-0.1, -0.05) is 0 Å². The van der Waals surface area contributed by atoms with Gasteiger partial charge in [-0.3, -0.25) is 4.90 Å². The third-order valence-corrected chi connectivity index (χ3v) is 1.71. The van der Waals surface area contributed by atoms with Gasteiger partial charge in [-0.2, -0.15) is 8.78 Å². The van der Waals surface area contributed by atoms with E-state index in [1.165, 1.54) is 0 Å². The van der Waals surface area contributed by atoms with E-state index in [0.29, 0.717) is 0 Å². The third-order valence-electron chi connectivity index (χ3n) is 1.71. The molecular formula is C6H11F2NO. The Morgan fingerprint density at radius 1 is 1.60 bits per heavy atom. The minimum atomic E-state index is -2.63. The molecule has 1 aliphatic heterocycles. The highest BCUT2D eigenvalue weighted by atomic mass is 19.3. The maximum Gasteiger partial charge on any atom is 0.346 e. The van der Waals surface area contributed by atoms with Crippen molar-refractivity contribution in [1.29, 1.82) is 0 Å². The van der Waals surface area contributed by atoms with Gasteiger partial charge in [0.05, 0.1) is 0 Å². The van der Waals surface area contributed by atoms with E-state index >= 15 is 0 Å². The number of hydrogen-bond acceptors (Lipinski definition) is 2. The van der Waals surface area contributed by atoms with E-state index in [0.717, 1.165) is 19.4 Å². The maximum atomic E-state index is 11.6. The van der Waals surface area contributed by atoms with Gasteiger partial charge >= 0.3 is 6.61 Å². The normalized spacial score (nSPS) is 28.2. The van der Waals surface area contributed by atoms with E-state index in [4.69, 9.17) is 0 Å². The molecule has 2 nitrogen and oxygen atoms in total. The molecule has 0 saturated carbocycles. The molecule has 0 aromatic rings. The molecule has 0 aromatic carbocycles. The number of nitrogens with zero attached hydrogens (tertiary/aromatic N) is 1. The Balaban J connectivity index is 2.26. The summed E-state index contributed by atoms with van der Waals surface area (Å²) >= 11 is 0. The van der Waals surface area contributed by atoms with Gasteiger partial charge in [0, 0.05) is 6.54 Å². The van der Waals surface area contributed by atoms with Crippen molar-refractivity contribution in [1.82, 2.24) is 4.90 Å². The predicted octanol–water partition coefficient (Wildman–Crippen LogP) is 1.28. The van der Waals surface area contributed by atoms with Gasteiger partial charge in [-0.05, 0) is 19.9 Å². The quantitative estimate of drug-likeness (QED) is 0.589. The molecule has 0 aliphatic carbocycles. The van der Waals surface area contributed by atoms with Crippen LogP contribution < -0.4 is 0 Å². The molecule has 60 valence electrons. The van der Waals surface area contributed by atoms with Crippen LogP contribution in [0.15, 0.2) is 0 Å². The van der Waals surface area contributed by atoms with Gasteiger partial charge in [-0.25, -0.2) is 0 Å². The van der Waals surface area contributed by atoms with E-state index in [-0.39, 0.29) is 6.23 Å². The van der Waals surface area contributed by atoms with Crippen molar-refractivity contribution in [2.24, 2.45) is 0 Å². The lowest BCUT2D eigenvalue weighted by atomic mass is 10.4. The average Bonchev–Trinajstić information content (AvgIpc) is 2.15. The number of hydrogen-bond donors (Lipinski definition) is 0. The predicted molar refractivity (Wildman–Crippen MR) is 32.7 cm³/mol. The lowest BCUT2D eigenvalue weighted by molar-refractivity contribution is -0.190. The van der Waals surface area contributed by atoms with E-state index < -0.39 is 6.61 Å². The van der Waals surface area contributed by atoms with Crippen molar-refractivity contribution in [3.8, 4) is 0 Å². The fraction of sp³-hybridized carbons (Fsp3) is 1.00. The molecule has 0 bridgehead atoms. The largest absolute Gasteiger partial charge is 0.346 e. The molecule has 0 N–H and O–H groups in total. The second kappa shape index (κ2) is 3.25. The van der Waals surface area contributed by atoms with Crippen molar-refractivity contribution >= 4 is 0 Å². The van der Waals surface area contributed by atoms with Gasteiger partial charge in [0.25, 0.3) is 0 Å². The molecule has 4 heteroatoms. The Hall–Kier alpha value is -0.220. The third kappa shape index (κ3) is 1.88. The summed E-state index contributed by atoms with van der Waals surface area (Å²) < 4.78 is 27.5. The summed E-state index contributed by atoms with van der Waals surface area (Å²) in [6.07, 6.45) is 1.31. The van der Waals surface area contributed by atoms with Crippen molar-refractivity contribution in [2.45, 2.75) is 25.7 Å². The first-order valence-corrected chi connectivity index (χ1v) is 3.34. The molecule has 0 aromatic heterocycles. The first kappa shape index (κ1) is 7.88. The summed E-state index contributed by atoms with van der Waals surface area (Å²) in [7, 11) is 1.79. The molecule has 0 radical (unpaired) electrons. The standard InChI is InChI=1S/C6H11F2NO/c1-9-4-2-3-5(9)10-6(7)8/h5-6H,2-4H2,1H3/t5-/m1/s1. The fourth-order valence-corrected chi connectivity index (χ4v) is 1.17. The average molecular weight is 151 g/mol. The summed E-state index contributed by atoms with van der Waals surface area (Å²) in [5.41, 5.74) is 0. The number of likely N-dealkylation sites (tertiary alicyclic amines) is 1. The zero-order valence-electron chi connectivity index (χ0n) is 5.89. The van der Waals surface area contributed by atoms with E-state index in [9.17, 15) is 8.78 Å². The van der Waals surface area contributed by atoms with Crippen molar-refractivity contribution in [2.75, 3.05) is 13.6 Å². The second-order valence-corrected chi connectivity index (χ2v) is 2.47. The Labute approximate surface area is 58.8 Å². The highest BCUT2D eigenvalue weighted by Crippen LogP contribution is 2.17. The molecule has 0 unspecified atom stereocenters. The van der Waals surface area contributed by atoms with Crippen LogP contribution in [0.25, 0.3) is 0 Å². The second-order valence-electron chi connectivity index (χ2n) is 2.47. The Kier molecular flexibility index (Phi) is 2.56. The van der Waals surface area contributed by atoms with Crippen LogP contribution in [0.3, 0.4) is 0 Å². The molecule has 1 rings (SSSR count). The van der Waals surface area contributed by atoms with Crippen LogP contribution in [0.1, 0.15) is 12.8 Å². The van der Waals surface area contributed by atoms with Crippen molar-refractivity contribution in [3.63, 3.8) is 0 Å². The zero-order valence-corrected chi connectivity index (χ0v) is 5.89. The number of rotatable bonds is 2. The zero-order chi connectivity index (χ0) is 7.56. The van der Waals surface area contributed by atoms with Gasteiger partial charge in [-0.15, -0.1) is 0 Å². The van der Waals surface area contributed by atoms with Gasteiger partial charge in [0.1, 0.15) is 6.23 Å². The Morgan fingerprint density at radius 3 is 2.70 bits per heavy atom. The van der Waals surface area contributed by atoms with Gasteiger partial charge in [0.15, 0.2) is 0 Å². The molecule has 1 atom stereocenters. The Bertz CT molecular complexity index is 110. The number of halogens is 2. The van der Waals surface area contributed by atoms with Gasteiger partial charge < -0.3 is 4.74 Å². The van der Waals surface area contributed by atoms with Crippen LogP contribution in [0.4, 0.5) is 8.78 Å². The fourth-order valence-electron chi connectivity index (χ4n) is 1.17. The number of alkyl halides is 2. The minimum absolute atomic E-state index is 0.361. The summed E-state index contributed by atoms with van der Waals surface area (Å²) in [5.74, 6) is 0. The van der Waals surface area contributed by atoms with Crippen molar-refractivity contribution < 1.29 is 13.5 Å². The molecular weight excluding hydrogens is 140 g/mol. The smallest absolute Gasteiger partial charge is 0.304 e. The lowest BCUT2D eigenvalue weighted by Gasteiger charge is -2.18. The SMILES string of the molecule is CN1CCC[C@H]1OC(F)F. The highest BCUT2D eigenvalue weighted by molar-refractivity contribution is 4.67. The molecule has 1 fully saturated rings. The number of ether oxygens (including phenoxy) is 1. The minimum Gasteiger partial charge on any atom is -0.304 e. The van der Waals surface area contributed by atoms with Gasteiger partial charge in [0.2, 0.25) is 0 Å². The van der Waals surface area contributed by atoms with Crippen LogP contribution in [0, 0.1) is 0 Å². The monoisotopic (exact) mass is 151 g/mol. The molecule has 1 heterocycles. The summed E-state index contributed by atoms with van der Waals surface area (Å²) in [5, 5.41) is 0. The highest BCUT2D eigenvalue weighted by Gasteiger charge is 2.24. The molecule has 1 saturated heterocycles. The van der Waals surface area contributed by atoms with E-state index in [1.807, 2.05) is 0 Å². The van der Waals surface area contributed by atoms with Crippen LogP contribution in [-0.4, -0.2) is 31.3 Å².